The molecule has 0 atom stereocenters. The number of aryl methyl sites for hydroxylation is 1. The van der Waals surface area contributed by atoms with E-state index in [1.165, 1.54) is 4.88 Å². The highest BCUT2D eigenvalue weighted by atomic mass is 32.1. The first-order valence-corrected chi connectivity index (χ1v) is 12.1. The van der Waals surface area contributed by atoms with E-state index in [-0.39, 0.29) is 5.91 Å². The van der Waals surface area contributed by atoms with Crippen molar-refractivity contribution in [2.75, 3.05) is 39.3 Å². The molecule has 5 rings (SSSR count). The van der Waals surface area contributed by atoms with Crippen LogP contribution in [0.2, 0.25) is 0 Å². The van der Waals surface area contributed by atoms with E-state index >= 15 is 0 Å². The lowest BCUT2D eigenvalue weighted by atomic mass is 10.1. The van der Waals surface area contributed by atoms with Crippen molar-refractivity contribution in [3.8, 4) is 0 Å². The first-order chi connectivity index (χ1) is 16.0. The van der Waals surface area contributed by atoms with Crippen LogP contribution in [0.15, 0.2) is 29.8 Å². The van der Waals surface area contributed by atoms with Gasteiger partial charge in [-0.2, -0.15) is 5.10 Å². The van der Waals surface area contributed by atoms with E-state index in [4.69, 9.17) is 0 Å². The second kappa shape index (κ2) is 8.93. The molecule has 5 heterocycles. The molecule has 2 saturated heterocycles. The average Bonchev–Trinajstić information content (AvgIpc) is 3.61. The molecule has 0 spiro atoms. The fraction of sp³-hybridized carbons (Fsp3) is 0.435. The highest BCUT2D eigenvalue weighted by Gasteiger charge is 2.32. The minimum atomic E-state index is -0.457. The first-order valence-electron chi connectivity index (χ1n) is 11.2. The second-order valence-corrected chi connectivity index (χ2v) is 9.55. The normalized spacial score (nSPS) is 16.6. The van der Waals surface area contributed by atoms with E-state index in [1.54, 1.807) is 38.3 Å². The van der Waals surface area contributed by atoms with Crippen molar-refractivity contribution in [1.82, 2.24) is 29.5 Å². The van der Waals surface area contributed by atoms with Gasteiger partial charge in [-0.25, -0.2) is 9.67 Å². The summed E-state index contributed by atoms with van der Waals surface area (Å²) >= 11 is 1.66. The number of carbonyl (C=O) groups is 3. The van der Waals surface area contributed by atoms with Crippen molar-refractivity contribution in [2.45, 2.75) is 26.3 Å². The van der Waals surface area contributed by atoms with E-state index in [0.29, 0.717) is 57.0 Å². The Morgan fingerprint density at radius 3 is 2.30 bits per heavy atom. The maximum Gasteiger partial charge on any atom is 0.312 e. The van der Waals surface area contributed by atoms with E-state index in [0.717, 1.165) is 23.9 Å². The SMILES string of the molecule is Cc1cc(C(=O)N2CCN(C(=O)C(=O)N3CCCC3)CC2)c2cnn(Cc3cccs3)c2n1. The van der Waals surface area contributed by atoms with Crippen LogP contribution in [0.5, 0.6) is 0 Å². The van der Waals surface area contributed by atoms with Crippen LogP contribution in [-0.2, 0) is 16.1 Å². The molecular weight excluding hydrogens is 440 g/mol. The lowest BCUT2D eigenvalue weighted by Gasteiger charge is -2.35. The van der Waals surface area contributed by atoms with Gasteiger partial charge in [0.25, 0.3) is 5.91 Å². The van der Waals surface area contributed by atoms with Crippen molar-refractivity contribution in [2.24, 2.45) is 0 Å². The predicted molar refractivity (Wildman–Crippen MR) is 124 cm³/mol. The zero-order chi connectivity index (χ0) is 22.9. The molecular formula is C23H26N6O3S. The maximum atomic E-state index is 13.4. The average molecular weight is 467 g/mol. The van der Waals surface area contributed by atoms with Crippen molar-refractivity contribution in [3.05, 3.63) is 45.9 Å². The number of hydrogen-bond donors (Lipinski definition) is 0. The molecule has 0 aliphatic carbocycles. The van der Waals surface area contributed by atoms with Crippen molar-refractivity contribution < 1.29 is 14.4 Å². The molecule has 0 N–H and O–H groups in total. The molecule has 3 aromatic rings. The van der Waals surface area contributed by atoms with Crippen LogP contribution in [0.4, 0.5) is 0 Å². The van der Waals surface area contributed by atoms with Gasteiger partial charge >= 0.3 is 11.8 Å². The number of amides is 3. The Kier molecular flexibility index (Phi) is 5.84. The van der Waals surface area contributed by atoms with Crippen LogP contribution >= 0.6 is 11.3 Å². The number of aromatic nitrogens is 3. The van der Waals surface area contributed by atoms with Gasteiger partial charge < -0.3 is 14.7 Å². The lowest BCUT2D eigenvalue weighted by Crippen LogP contribution is -2.54. The molecule has 172 valence electrons. The van der Waals surface area contributed by atoms with Crippen LogP contribution in [0.3, 0.4) is 0 Å². The number of pyridine rings is 1. The number of hydrogen-bond acceptors (Lipinski definition) is 6. The third kappa shape index (κ3) is 4.22. The van der Waals surface area contributed by atoms with Gasteiger partial charge in [0.15, 0.2) is 5.65 Å². The summed E-state index contributed by atoms with van der Waals surface area (Å²) in [6.45, 7) is 5.29. The molecule has 3 amide bonds. The summed E-state index contributed by atoms with van der Waals surface area (Å²) in [6, 6.07) is 5.86. The van der Waals surface area contributed by atoms with Crippen molar-refractivity contribution >= 4 is 40.1 Å². The molecule has 2 fully saturated rings. The topological polar surface area (TPSA) is 91.6 Å². The van der Waals surface area contributed by atoms with Gasteiger partial charge in [-0.3, -0.25) is 14.4 Å². The minimum Gasteiger partial charge on any atom is -0.335 e. The van der Waals surface area contributed by atoms with Gasteiger partial charge in [0.1, 0.15) is 0 Å². The lowest BCUT2D eigenvalue weighted by molar-refractivity contribution is -0.152. The van der Waals surface area contributed by atoms with E-state index < -0.39 is 11.8 Å². The Hall–Kier alpha value is -3.27. The highest BCUT2D eigenvalue weighted by Crippen LogP contribution is 2.22. The Balaban J connectivity index is 1.30. The number of likely N-dealkylation sites (tertiary alicyclic amines) is 1. The fourth-order valence-corrected chi connectivity index (χ4v) is 5.18. The van der Waals surface area contributed by atoms with E-state index in [9.17, 15) is 14.4 Å². The Labute approximate surface area is 195 Å². The Morgan fingerprint density at radius 2 is 1.64 bits per heavy atom. The van der Waals surface area contributed by atoms with E-state index in [1.807, 2.05) is 23.1 Å². The van der Waals surface area contributed by atoms with Crippen LogP contribution < -0.4 is 0 Å². The zero-order valence-electron chi connectivity index (χ0n) is 18.6. The third-order valence-electron chi connectivity index (χ3n) is 6.28. The summed E-state index contributed by atoms with van der Waals surface area (Å²) in [5, 5.41) is 7.24. The molecule has 0 unspecified atom stereocenters. The summed E-state index contributed by atoms with van der Waals surface area (Å²) in [6.07, 6.45) is 3.60. The summed E-state index contributed by atoms with van der Waals surface area (Å²) in [5.74, 6) is -0.975. The minimum absolute atomic E-state index is 0.0980. The molecule has 0 saturated carbocycles. The van der Waals surface area contributed by atoms with Crippen molar-refractivity contribution in [1.29, 1.82) is 0 Å². The number of fused-ring (bicyclic) bond motifs is 1. The molecule has 2 aliphatic heterocycles. The smallest absolute Gasteiger partial charge is 0.312 e. The van der Waals surface area contributed by atoms with Crippen LogP contribution in [0, 0.1) is 6.92 Å². The largest absolute Gasteiger partial charge is 0.335 e. The van der Waals surface area contributed by atoms with Crippen molar-refractivity contribution in [3.63, 3.8) is 0 Å². The number of rotatable bonds is 3. The molecule has 2 aliphatic rings. The number of carbonyl (C=O) groups excluding carboxylic acids is 3. The molecule has 33 heavy (non-hydrogen) atoms. The van der Waals surface area contributed by atoms with Crippen LogP contribution in [0.1, 0.15) is 33.8 Å². The quantitative estimate of drug-likeness (QED) is 0.549. The first kappa shape index (κ1) is 21.6. The third-order valence-corrected chi connectivity index (χ3v) is 7.14. The molecule has 0 aromatic carbocycles. The standard InChI is InChI=1S/C23H26N6O3S/c1-16-13-18(19-14-24-29(20(19)25-16)15-17-5-4-12-33-17)21(30)27-8-10-28(11-9-27)23(32)22(31)26-6-2-3-7-26/h4-5,12-14H,2-3,6-11,15H2,1H3. The highest BCUT2D eigenvalue weighted by molar-refractivity contribution is 7.09. The number of nitrogens with zero attached hydrogens (tertiary/aromatic N) is 6. The summed E-state index contributed by atoms with van der Waals surface area (Å²) in [5.41, 5.74) is 2.02. The second-order valence-electron chi connectivity index (χ2n) is 8.51. The van der Waals surface area contributed by atoms with Gasteiger partial charge in [0, 0.05) is 49.8 Å². The number of thiophene rings is 1. The molecule has 3 aromatic heterocycles. The van der Waals surface area contributed by atoms with Gasteiger partial charge in [0.05, 0.1) is 23.7 Å². The van der Waals surface area contributed by atoms with Gasteiger partial charge in [-0.05, 0) is 37.3 Å². The van der Waals surface area contributed by atoms with Crippen LogP contribution in [0.25, 0.3) is 11.0 Å². The summed E-state index contributed by atoms with van der Waals surface area (Å²) in [4.78, 5) is 49.2. The Morgan fingerprint density at radius 1 is 0.970 bits per heavy atom. The summed E-state index contributed by atoms with van der Waals surface area (Å²) < 4.78 is 1.82. The molecule has 9 nitrogen and oxygen atoms in total. The monoisotopic (exact) mass is 466 g/mol. The molecule has 0 radical (unpaired) electrons. The molecule has 0 bridgehead atoms. The Bertz CT molecular complexity index is 1190. The summed E-state index contributed by atoms with van der Waals surface area (Å²) in [7, 11) is 0. The molecule has 10 heteroatoms. The van der Waals surface area contributed by atoms with Gasteiger partial charge in [0.2, 0.25) is 0 Å². The van der Waals surface area contributed by atoms with Crippen LogP contribution in [-0.4, -0.2) is 86.5 Å². The maximum absolute atomic E-state index is 13.4. The van der Waals surface area contributed by atoms with Gasteiger partial charge in [-0.1, -0.05) is 6.07 Å². The number of piperazine rings is 1. The predicted octanol–water partition coefficient (Wildman–Crippen LogP) is 1.76. The van der Waals surface area contributed by atoms with E-state index in [2.05, 4.69) is 16.1 Å². The van der Waals surface area contributed by atoms with Gasteiger partial charge in [-0.15, -0.1) is 11.3 Å². The fourth-order valence-electron chi connectivity index (χ4n) is 4.49. The zero-order valence-corrected chi connectivity index (χ0v) is 19.4.